The van der Waals surface area contributed by atoms with Gasteiger partial charge in [0.25, 0.3) is 0 Å². The van der Waals surface area contributed by atoms with Crippen molar-refractivity contribution in [1.82, 2.24) is 0 Å². The number of carbonyl (C=O) groups is 1. The van der Waals surface area contributed by atoms with Crippen LogP contribution in [0.15, 0.2) is 18.2 Å². The zero-order valence-electron chi connectivity index (χ0n) is 10.6. The van der Waals surface area contributed by atoms with E-state index in [0.717, 1.165) is 12.8 Å². The van der Waals surface area contributed by atoms with Crippen LogP contribution in [0, 0.1) is 11.7 Å². The second-order valence-corrected chi connectivity index (χ2v) is 5.06. The lowest BCUT2D eigenvalue weighted by Gasteiger charge is -2.09. The SMILES string of the molecule is CC(CCN)CCC(=O)Cc1cccc(Cl)c1F. The van der Waals surface area contributed by atoms with Crippen molar-refractivity contribution in [3.63, 3.8) is 0 Å². The quantitative estimate of drug-likeness (QED) is 0.826. The van der Waals surface area contributed by atoms with Crippen molar-refractivity contribution in [3.8, 4) is 0 Å². The molecule has 0 amide bonds. The van der Waals surface area contributed by atoms with E-state index in [-0.39, 0.29) is 17.2 Å². The Hall–Kier alpha value is -0.930. The second kappa shape index (κ2) is 7.49. The predicted molar refractivity (Wildman–Crippen MR) is 72.2 cm³/mol. The number of benzene rings is 1. The Labute approximate surface area is 112 Å². The topological polar surface area (TPSA) is 43.1 Å². The summed E-state index contributed by atoms with van der Waals surface area (Å²) in [6.07, 6.45) is 2.30. The van der Waals surface area contributed by atoms with Gasteiger partial charge >= 0.3 is 0 Å². The lowest BCUT2D eigenvalue weighted by atomic mass is 9.97. The van der Waals surface area contributed by atoms with Gasteiger partial charge in [-0.3, -0.25) is 4.79 Å². The number of halogens is 2. The molecule has 100 valence electrons. The summed E-state index contributed by atoms with van der Waals surface area (Å²) in [6, 6.07) is 4.74. The van der Waals surface area contributed by atoms with Crippen molar-refractivity contribution >= 4 is 17.4 Å². The lowest BCUT2D eigenvalue weighted by molar-refractivity contribution is -0.118. The molecule has 0 aliphatic rings. The Morgan fingerprint density at radius 3 is 2.83 bits per heavy atom. The summed E-state index contributed by atoms with van der Waals surface area (Å²) >= 11 is 5.67. The molecule has 1 atom stereocenters. The maximum atomic E-state index is 13.6. The van der Waals surface area contributed by atoms with Crippen LogP contribution in [0.25, 0.3) is 0 Å². The molecule has 1 unspecified atom stereocenters. The number of rotatable bonds is 7. The van der Waals surface area contributed by atoms with Crippen molar-refractivity contribution in [3.05, 3.63) is 34.6 Å². The van der Waals surface area contributed by atoms with E-state index in [1.807, 2.05) is 0 Å². The molecule has 0 aliphatic heterocycles. The third kappa shape index (κ3) is 4.75. The highest BCUT2D eigenvalue weighted by Crippen LogP contribution is 2.19. The van der Waals surface area contributed by atoms with E-state index in [9.17, 15) is 9.18 Å². The number of hydrogen-bond donors (Lipinski definition) is 1. The predicted octanol–water partition coefficient (Wildman–Crippen LogP) is 3.36. The summed E-state index contributed by atoms with van der Waals surface area (Å²) in [5.41, 5.74) is 5.82. The van der Waals surface area contributed by atoms with Crippen LogP contribution in [0.2, 0.25) is 5.02 Å². The number of nitrogens with two attached hydrogens (primary N) is 1. The Morgan fingerprint density at radius 1 is 1.44 bits per heavy atom. The van der Waals surface area contributed by atoms with Crippen LogP contribution in [-0.4, -0.2) is 12.3 Å². The summed E-state index contributed by atoms with van der Waals surface area (Å²) < 4.78 is 13.6. The van der Waals surface area contributed by atoms with Crippen LogP contribution in [0.4, 0.5) is 4.39 Å². The maximum absolute atomic E-state index is 13.6. The molecule has 0 saturated heterocycles. The van der Waals surface area contributed by atoms with Gasteiger partial charge in [0.05, 0.1) is 5.02 Å². The summed E-state index contributed by atoms with van der Waals surface area (Å²) in [4.78, 5) is 11.7. The molecule has 0 saturated carbocycles. The number of hydrogen-bond acceptors (Lipinski definition) is 2. The lowest BCUT2D eigenvalue weighted by Crippen LogP contribution is -2.10. The first-order valence-corrected chi connectivity index (χ1v) is 6.57. The summed E-state index contributed by atoms with van der Waals surface area (Å²) in [6.45, 7) is 2.71. The van der Waals surface area contributed by atoms with E-state index in [0.29, 0.717) is 24.4 Å². The van der Waals surface area contributed by atoms with Crippen LogP contribution in [-0.2, 0) is 11.2 Å². The van der Waals surface area contributed by atoms with Gasteiger partial charge < -0.3 is 5.73 Å². The summed E-state index contributed by atoms with van der Waals surface area (Å²) in [5, 5.41) is 0.0665. The van der Waals surface area contributed by atoms with E-state index in [1.54, 1.807) is 12.1 Å². The minimum Gasteiger partial charge on any atom is -0.330 e. The molecule has 0 spiro atoms. The van der Waals surface area contributed by atoms with Gasteiger partial charge in [0.15, 0.2) is 0 Å². The van der Waals surface area contributed by atoms with E-state index in [1.165, 1.54) is 6.07 Å². The fourth-order valence-corrected chi connectivity index (χ4v) is 2.02. The molecule has 1 aromatic carbocycles. The first-order valence-electron chi connectivity index (χ1n) is 6.19. The van der Waals surface area contributed by atoms with Crippen LogP contribution in [0.3, 0.4) is 0 Å². The zero-order valence-corrected chi connectivity index (χ0v) is 11.3. The molecule has 2 nitrogen and oxygen atoms in total. The van der Waals surface area contributed by atoms with E-state index in [4.69, 9.17) is 17.3 Å². The molecule has 1 aromatic rings. The molecule has 0 bridgehead atoms. The number of Topliss-reactive ketones (excluding diaryl/α,β-unsaturated/α-hetero) is 1. The molecular weight excluding hydrogens is 253 g/mol. The average molecular weight is 272 g/mol. The molecule has 0 radical (unpaired) electrons. The van der Waals surface area contributed by atoms with Gasteiger partial charge in [0, 0.05) is 12.8 Å². The minimum absolute atomic E-state index is 0.0417. The van der Waals surface area contributed by atoms with Crippen molar-refractivity contribution < 1.29 is 9.18 Å². The molecule has 1 rings (SSSR count). The fourth-order valence-electron chi connectivity index (χ4n) is 1.82. The van der Waals surface area contributed by atoms with Crippen molar-refractivity contribution in [1.29, 1.82) is 0 Å². The third-order valence-corrected chi connectivity index (χ3v) is 3.29. The largest absolute Gasteiger partial charge is 0.330 e. The Bertz CT molecular complexity index is 409. The van der Waals surface area contributed by atoms with Crippen LogP contribution in [0.5, 0.6) is 0 Å². The normalized spacial score (nSPS) is 12.4. The highest BCUT2D eigenvalue weighted by molar-refractivity contribution is 6.30. The van der Waals surface area contributed by atoms with Gasteiger partial charge in [-0.2, -0.15) is 0 Å². The molecule has 0 aromatic heterocycles. The summed E-state index contributed by atoms with van der Waals surface area (Å²) in [5.74, 6) is -0.00859. The van der Waals surface area contributed by atoms with Crippen LogP contribution in [0.1, 0.15) is 31.7 Å². The highest BCUT2D eigenvalue weighted by atomic mass is 35.5. The molecule has 18 heavy (non-hydrogen) atoms. The minimum atomic E-state index is -0.484. The Morgan fingerprint density at radius 2 is 2.17 bits per heavy atom. The molecule has 2 N–H and O–H groups in total. The Kier molecular flexibility index (Phi) is 6.30. The average Bonchev–Trinajstić information content (AvgIpc) is 2.33. The smallest absolute Gasteiger partial charge is 0.145 e. The molecule has 0 heterocycles. The maximum Gasteiger partial charge on any atom is 0.145 e. The number of ketones is 1. The van der Waals surface area contributed by atoms with Gasteiger partial charge in [-0.25, -0.2) is 4.39 Å². The monoisotopic (exact) mass is 271 g/mol. The van der Waals surface area contributed by atoms with Crippen molar-refractivity contribution in [2.45, 2.75) is 32.6 Å². The molecular formula is C14H19ClFNO. The van der Waals surface area contributed by atoms with Crippen molar-refractivity contribution in [2.24, 2.45) is 11.7 Å². The van der Waals surface area contributed by atoms with Gasteiger partial charge in [0.1, 0.15) is 11.6 Å². The van der Waals surface area contributed by atoms with E-state index < -0.39 is 5.82 Å². The van der Waals surface area contributed by atoms with E-state index >= 15 is 0 Å². The molecule has 0 aliphatic carbocycles. The first kappa shape index (κ1) is 15.1. The zero-order chi connectivity index (χ0) is 13.5. The van der Waals surface area contributed by atoms with E-state index in [2.05, 4.69) is 6.92 Å². The second-order valence-electron chi connectivity index (χ2n) is 4.65. The van der Waals surface area contributed by atoms with Gasteiger partial charge in [-0.1, -0.05) is 30.7 Å². The van der Waals surface area contributed by atoms with Gasteiger partial charge in [-0.15, -0.1) is 0 Å². The fraction of sp³-hybridized carbons (Fsp3) is 0.500. The van der Waals surface area contributed by atoms with Crippen LogP contribution >= 0.6 is 11.6 Å². The highest BCUT2D eigenvalue weighted by Gasteiger charge is 2.11. The first-order chi connectivity index (χ1) is 8.54. The summed E-state index contributed by atoms with van der Waals surface area (Å²) in [7, 11) is 0. The van der Waals surface area contributed by atoms with Crippen LogP contribution < -0.4 is 5.73 Å². The third-order valence-electron chi connectivity index (χ3n) is 2.99. The van der Waals surface area contributed by atoms with Crippen molar-refractivity contribution in [2.75, 3.05) is 6.54 Å². The van der Waals surface area contributed by atoms with Gasteiger partial charge in [-0.05, 0) is 36.9 Å². The molecule has 0 fully saturated rings. The number of carbonyl (C=O) groups excluding carboxylic acids is 1. The standard InChI is InChI=1S/C14H19ClFNO/c1-10(7-8-17)5-6-12(18)9-11-3-2-4-13(15)14(11)16/h2-4,10H,5-9,17H2,1H3. The van der Waals surface area contributed by atoms with Gasteiger partial charge in [0.2, 0.25) is 0 Å². The Balaban J connectivity index is 2.47. The molecule has 4 heteroatoms.